The molecule has 0 bridgehead atoms. The van der Waals surface area contributed by atoms with Gasteiger partial charge in [0.05, 0.1) is 24.9 Å². The van der Waals surface area contributed by atoms with E-state index in [9.17, 15) is 13.2 Å². The first kappa shape index (κ1) is 22.5. The van der Waals surface area contributed by atoms with E-state index in [2.05, 4.69) is 22.5 Å². The highest BCUT2D eigenvalue weighted by Gasteiger charge is 2.56. The van der Waals surface area contributed by atoms with Gasteiger partial charge in [-0.25, -0.2) is 23.2 Å². The number of rotatable bonds is 6. The van der Waals surface area contributed by atoms with Gasteiger partial charge in [0.1, 0.15) is 10.6 Å². The number of hydrogen-bond donors (Lipinski definition) is 2. The topological polar surface area (TPSA) is 114 Å². The van der Waals surface area contributed by atoms with Gasteiger partial charge in [0.2, 0.25) is 0 Å². The summed E-state index contributed by atoms with van der Waals surface area (Å²) in [7, 11) is -1.76. The SMILES string of the molecule is CCS(=O)(=O)C1(c2cc(N3CCOC[C@@H]3C)nc(-c3ccc(NC(=O)NC)cc3)n2)CC1. The number of aromatic nitrogens is 2. The molecule has 4 rings (SSSR count). The first-order chi connectivity index (χ1) is 15.3. The first-order valence-electron chi connectivity index (χ1n) is 10.8. The molecular formula is C22H29N5O4S. The van der Waals surface area contributed by atoms with Crippen molar-refractivity contribution in [3.63, 3.8) is 0 Å². The number of hydrogen-bond acceptors (Lipinski definition) is 7. The largest absolute Gasteiger partial charge is 0.377 e. The molecule has 1 aliphatic heterocycles. The minimum atomic E-state index is -3.31. The van der Waals surface area contributed by atoms with E-state index >= 15 is 0 Å². The predicted octanol–water partition coefficient (Wildman–Crippen LogP) is 2.54. The second-order valence-corrected chi connectivity index (χ2v) is 10.8. The molecule has 2 fully saturated rings. The number of morpholine rings is 1. The van der Waals surface area contributed by atoms with E-state index in [0.29, 0.717) is 55.6 Å². The van der Waals surface area contributed by atoms with Crippen LogP contribution in [0, 0.1) is 0 Å². The third-order valence-electron chi connectivity index (χ3n) is 6.15. The van der Waals surface area contributed by atoms with E-state index in [-0.39, 0.29) is 17.8 Å². The lowest BCUT2D eigenvalue weighted by molar-refractivity contribution is 0.0985. The summed E-state index contributed by atoms with van der Waals surface area (Å²) in [6.45, 7) is 5.61. The molecule has 2 aliphatic rings. The number of benzene rings is 1. The van der Waals surface area contributed by atoms with Crippen LogP contribution in [0.15, 0.2) is 30.3 Å². The van der Waals surface area contributed by atoms with Gasteiger partial charge in [-0.05, 0) is 44.0 Å². The first-order valence-corrected chi connectivity index (χ1v) is 12.5. The van der Waals surface area contributed by atoms with Crippen LogP contribution in [0.25, 0.3) is 11.4 Å². The van der Waals surface area contributed by atoms with Gasteiger partial charge < -0.3 is 20.3 Å². The molecule has 1 saturated carbocycles. The molecule has 1 aliphatic carbocycles. The number of nitrogens with zero attached hydrogens (tertiary/aromatic N) is 3. The number of nitrogens with one attached hydrogen (secondary N) is 2. The lowest BCUT2D eigenvalue weighted by atomic mass is 10.1. The van der Waals surface area contributed by atoms with Gasteiger partial charge in [-0.2, -0.15) is 0 Å². The van der Waals surface area contributed by atoms with Crippen molar-refractivity contribution in [2.24, 2.45) is 0 Å². The summed E-state index contributed by atoms with van der Waals surface area (Å²) in [5, 5.41) is 5.23. The molecule has 1 saturated heterocycles. The molecule has 1 aromatic carbocycles. The van der Waals surface area contributed by atoms with Crippen molar-refractivity contribution in [2.45, 2.75) is 37.5 Å². The maximum Gasteiger partial charge on any atom is 0.318 e. The molecule has 1 aromatic heterocycles. The molecule has 0 spiro atoms. The molecule has 2 heterocycles. The van der Waals surface area contributed by atoms with Crippen molar-refractivity contribution in [2.75, 3.05) is 42.8 Å². The zero-order valence-electron chi connectivity index (χ0n) is 18.6. The number of carbonyl (C=O) groups excluding carboxylic acids is 1. The van der Waals surface area contributed by atoms with Crippen LogP contribution < -0.4 is 15.5 Å². The highest BCUT2D eigenvalue weighted by molar-refractivity contribution is 7.92. The van der Waals surface area contributed by atoms with Crippen LogP contribution in [0.2, 0.25) is 0 Å². The van der Waals surface area contributed by atoms with Crippen LogP contribution in [0.1, 0.15) is 32.4 Å². The summed E-state index contributed by atoms with van der Waals surface area (Å²) in [4.78, 5) is 23.2. The van der Waals surface area contributed by atoms with E-state index in [1.54, 1.807) is 26.1 Å². The highest BCUT2D eigenvalue weighted by atomic mass is 32.2. The van der Waals surface area contributed by atoms with Gasteiger partial charge in [-0.1, -0.05) is 6.92 Å². The Morgan fingerprint density at radius 1 is 1.25 bits per heavy atom. The van der Waals surface area contributed by atoms with Gasteiger partial charge in [0, 0.05) is 36.7 Å². The van der Waals surface area contributed by atoms with Crippen LogP contribution in [-0.4, -0.2) is 63.0 Å². The number of ether oxygens (including phenoxy) is 1. The summed E-state index contributed by atoms with van der Waals surface area (Å²) < 4.78 is 30.5. The van der Waals surface area contributed by atoms with E-state index in [4.69, 9.17) is 14.7 Å². The van der Waals surface area contributed by atoms with E-state index < -0.39 is 14.6 Å². The minimum Gasteiger partial charge on any atom is -0.377 e. The lowest BCUT2D eigenvalue weighted by Gasteiger charge is -2.34. The maximum absolute atomic E-state index is 12.9. The smallest absolute Gasteiger partial charge is 0.318 e. The Morgan fingerprint density at radius 3 is 2.56 bits per heavy atom. The molecule has 1 atom stereocenters. The van der Waals surface area contributed by atoms with Crippen molar-refractivity contribution in [3.05, 3.63) is 36.0 Å². The van der Waals surface area contributed by atoms with Crippen molar-refractivity contribution >= 4 is 27.4 Å². The van der Waals surface area contributed by atoms with Gasteiger partial charge in [0.25, 0.3) is 0 Å². The molecule has 2 N–H and O–H groups in total. The van der Waals surface area contributed by atoms with E-state index in [1.807, 2.05) is 18.2 Å². The fourth-order valence-corrected chi connectivity index (χ4v) is 5.72. The number of urea groups is 1. The van der Waals surface area contributed by atoms with Crippen LogP contribution in [-0.2, 0) is 19.3 Å². The number of anilines is 2. The molecule has 2 amide bonds. The monoisotopic (exact) mass is 459 g/mol. The van der Waals surface area contributed by atoms with Gasteiger partial charge in [-0.3, -0.25) is 0 Å². The van der Waals surface area contributed by atoms with E-state index in [0.717, 1.165) is 5.56 Å². The Balaban J connectivity index is 1.77. The molecule has 172 valence electrons. The molecule has 0 unspecified atom stereocenters. The van der Waals surface area contributed by atoms with Crippen molar-refractivity contribution in [3.8, 4) is 11.4 Å². The Labute approximate surface area is 188 Å². The summed E-state index contributed by atoms with van der Waals surface area (Å²) in [5.74, 6) is 1.27. The summed E-state index contributed by atoms with van der Waals surface area (Å²) in [6.07, 6.45) is 1.15. The van der Waals surface area contributed by atoms with Gasteiger partial charge in [0.15, 0.2) is 15.7 Å². The average molecular weight is 460 g/mol. The summed E-state index contributed by atoms with van der Waals surface area (Å²) >= 11 is 0. The fourth-order valence-electron chi connectivity index (χ4n) is 4.02. The molecule has 2 aromatic rings. The minimum absolute atomic E-state index is 0.0789. The van der Waals surface area contributed by atoms with Crippen LogP contribution in [0.5, 0.6) is 0 Å². The number of sulfone groups is 1. The Hall–Kier alpha value is -2.72. The second-order valence-electron chi connectivity index (χ2n) is 8.23. The van der Waals surface area contributed by atoms with Crippen molar-refractivity contribution in [1.82, 2.24) is 15.3 Å². The third-order valence-corrected chi connectivity index (χ3v) is 8.72. The Morgan fingerprint density at radius 2 is 1.97 bits per heavy atom. The van der Waals surface area contributed by atoms with Crippen LogP contribution >= 0.6 is 0 Å². The van der Waals surface area contributed by atoms with Crippen LogP contribution in [0.3, 0.4) is 0 Å². The summed E-state index contributed by atoms with van der Waals surface area (Å²) in [6, 6.07) is 8.85. The predicted molar refractivity (Wildman–Crippen MR) is 124 cm³/mol. The van der Waals surface area contributed by atoms with Gasteiger partial charge in [-0.15, -0.1) is 0 Å². The van der Waals surface area contributed by atoms with Crippen molar-refractivity contribution < 1.29 is 17.9 Å². The molecule has 9 nitrogen and oxygen atoms in total. The normalized spacial score (nSPS) is 20.0. The Kier molecular flexibility index (Phi) is 6.09. The van der Waals surface area contributed by atoms with E-state index in [1.165, 1.54) is 0 Å². The average Bonchev–Trinajstić information content (AvgIpc) is 3.62. The number of amides is 2. The van der Waals surface area contributed by atoms with Gasteiger partial charge >= 0.3 is 6.03 Å². The quantitative estimate of drug-likeness (QED) is 0.682. The molecule has 32 heavy (non-hydrogen) atoms. The van der Waals surface area contributed by atoms with Crippen LogP contribution in [0.4, 0.5) is 16.3 Å². The fraction of sp³-hybridized carbons (Fsp3) is 0.500. The Bertz CT molecular complexity index is 1100. The maximum atomic E-state index is 12.9. The zero-order chi connectivity index (χ0) is 22.9. The highest BCUT2D eigenvalue weighted by Crippen LogP contribution is 2.53. The zero-order valence-corrected chi connectivity index (χ0v) is 19.4. The third kappa shape index (κ3) is 4.16. The molecule has 0 radical (unpaired) electrons. The standard InChI is InChI=1S/C22H29N5O4S/c1-4-32(29,30)22(9-10-22)18-13-19(27-11-12-31-14-15(27)2)26-20(25-18)16-5-7-17(8-6-16)24-21(28)23-3/h5-8,13,15H,4,9-12,14H2,1-3H3,(H2,23,24,28)/t15-/m0/s1. The number of carbonyl (C=O) groups is 1. The van der Waals surface area contributed by atoms with Crippen molar-refractivity contribution in [1.29, 1.82) is 0 Å². The lowest BCUT2D eigenvalue weighted by Crippen LogP contribution is -2.44. The summed E-state index contributed by atoms with van der Waals surface area (Å²) in [5.41, 5.74) is 1.95. The molecular weight excluding hydrogens is 430 g/mol. The molecule has 10 heteroatoms. The second kappa shape index (κ2) is 8.67.